The minimum Gasteiger partial charge on any atom is -0.510 e. The Kier molecular flexibility index (Phi) is 17.7. The highest BCUT2D eigenvalue weighted by Gasteiger charge is 2.42. The van der Waals surface area contributed by atoms with Crippen LogP contribution in [-0.2, 0) is 42.9 Å². The molecule has 4 amide bonds. The van der Waals surface area contributed by atoms with Gasteiger partial charge in [0.2, 0.25) is 23.6 Å². The predicted molar refractivity (Wildman–Crippen MR) is 185 cm³/mol. The van der Waals surface area contributed by atoms with Gasteiger partial charge in [0.1, 0.15) is 42.1 Å². The van der Waals surface area contributed by atoms with Crippen LogP contribution in [0.25, 0.3) is 0 Å². The summed E-state index contributed by atoms with van der Waals surface area (Å²) in [6.45, 7) is 7.76. The van der Waals surface area contributed by atoms with Crippen molar-refractivity contribution in [3.63, 3.8) is 0 Å². The molecule has 9 atom stereocenters. The quantitative estimate of drug-likeness (QED) is 0.0865. The van der Waals surface area contributed by atoms with Crippen molar-refractivity contribution < 1.29 is 63.3 Å². The van der Waals surface area contributed by atoms with E-state index in [0.29, 0.717) is 45.4 Å². The molecule has 0 spiro atoms. The summed E-state index contributed by atoms with van der Waals surface area (Å²) in [4.78, 5) is 69.7. The number of hydrogen-bond acceptors (Lipinski definition) is 12. The highest BCUT2D eigenvalue weighted by molar-refractivity contribution is 5.95. The Morgan fingerprint density at radius 3 is 2.12 bits per heavy atom. The largest absolute Gasteiger partial charge is 0.510 e. The number of ether oxygens (including phenoxy) is 4. The molecule has 2 fully saturated rings. The van der Waals surface area contributed by atoms with Crippen LogP contribution in [0.4, 0.5) is 0 Å². The average molecular weight is 743 g/mol. The molecule has 2 saturated heterocycles. The zero-order valence-corrected chi connectivity index (χ0v) is 30.7. The van der Waals surface area contributed by atoms with E-state index in [1.54, 1.807) is 6.92 Å². The number of amides is 4. The Bertz CT molecular complexity index is 1240. The van der Waals surface area contributed by atoms with E-state index in [1.165, 1.54) is 16.7 Å². The fourth-order valence-corrected chi connectivity index (χ4v) is 6.40. The van der Waals surface area contributed by atoms with Gasteiger partial charge in [-0.25, -0.2) is 4.79 Å². The molecule has 3 rings (SSSR count). The van der Waals surface area contributed by atoms with Crippen LogP contribution in [0, 0.1) is 5.92 Å². The van der Waals surface area contributed by atoms with E-state index >= 15 is 0 Å². The zero-order chi connectivity index (χ0) is 38.4. The van der Waals surface area contributed by atoms with E-state index in [2.05, 4.69) is 10.6 Å². The molecular formula is C35H58N4O13. The lowest BCUT2D eigenvalue weighted by atomic mass is 10.1. The van der Waals surface area contributed by atoms with Crippen molar-refractivity contribution in [2.24, 2.45) is 5.92 Å². The molecule has 17 heteroatoms. The summed E-state index contributed by atoms with van der Waals surface area (Å²) in [7, 11) is 0. The van der Waals surface area contributed by atoms with Crippen molar-refractivity contribution in [3.05, 3.63) is 11.8 Å². The Balaban J connectivity index is 1.85. The van der Waals surface area contributed by atoms with Gasteiger partial charge < -0.3 is 59.8 Å². The Morgan fingerprint density at radius 1 is 0.923 bits per heavy atom. The molecule has 3 heterocycles. The summed E-state index contributed by atoms with van der Waals surface area (Å²) >= 11 is 0. The first-order valence-corrected chi connectivity index (χ1v) is 18.4. The molecule has 6 N–H and O–H groups in total. The van der Waals surface area contributed by atoms with Crippen molar-refractivity contribution in [2.45, 2.75) is 128 Å². The van der Waals surface area contributed by atoms with Crippen molar-refractivity contribution in [1.82, 2.24) is 20.4 Å². The first-order valence-electron chi connectivity index (χ1n) is 18.4. The van der Waals surface area contributed by atoms with Gasteiger partial charge in [-0.1, -0.05) is 33.6 Å². The maximum Gasteiger partial charge on any atom is 0.326 e. The van der Waals surface area contributed by atoms with Crippen LogP contribution >= 0.6 is 0 Å². The lowest BCUT2D eigenvalue weighted by molar-refractivity contribution is -0.208. The van der Waals surface area contributed by atoms with Crippen molar-refractivity contribution >= 4 is 29.6 Å². The van der Waals surface area contributed by atoms with E-state index in [1.807, 2.05) is 13.8 Å². The third-order valence-corrected chi connectivity index (χ3v) is 9.48. The van der Waals surface area contributed by atoms with Crippen LogP contribution in [0.1, 0.15) is 79.1 Å². The molecule has 0 aromatic heterocycles. The molecule has 3 aliphatic heterocycles. The minimum absolute atomic E-state index is 0.178. The predicted octanol–water partition coefficient (Wildman–Crippen LogP) is 0.217. The molecule has 0 bridgehead atoms. The molecule has 0 aliphatic carbocycles. The Labute approximate surface area is 304 Å². The van der Waals surface area contributed by atoms with Crippen LogP contribution < -0.4 is 10.6 Å². The van der Waals surface area contributed by atoms with E-state index in [9.17, 15) is 44.4 Å². The monoisotopic (exact) mass is 742 g/mol. The second-order valence-electron chi connectivity index (χ2n) is 13.6. The Hall–Kier alpha value is -3.35. The summed E-state index contributed by atoms with van der Waals surface area (Å²) < 4.78 is 22.8. The SMILES string of the molecule is CCCCOC[C@H](NC(=O)[C@@H](NC(=O)C1CCCN1C(=O)[C@@H](C)COCCCC)C(C)O[C@H]1C=C(O)[C@H](O)C(CO)O1)C(=O)N1CCCC1C(=O)O. The normalized spacial score (nSPS) is 25.6. The Morgan fingerprint density at radius 2 is 1.52 bits per heavy atom. The van der Waals surface area contributed by atoms with E-state index in [0.717, 1.165) is 25.3 Å². The summed E-state index contributed by atoms with van der Waals surface area (Å²) in [6.07, 6.45) is 0.662. The lowest BCUT2D eigenvalue weighted by Crippen LogP contribution is -2.61. The zero-order valence-electron chi connectivity index (χ0n) is 30.7. The summed E-state index contributed by atoms with van der Waals surface area (Å²) in [5.74, 6) is -4.61. The van der Waals surface area contributed by atoms with Crippen LogP contribution in [0.2, 0.25) is 0 Å². The molecule has 0 aromatic carbocycles. The number of carbonyl (C=O) groups is 5. The van der Waals surface area contributed by atoms with E-state index < -0.39 is 90.7 Å². The van der Waals surface area contributed by atoms with Crippen molar-refractivity contribution in [3.8, 4) is 0 Å². The van der Waals surface area contributed by atoms with Gasteiger partial charge in [0.15, 0.2) is 6.29 Å². The first-order chi connectivity index (χ1) is 24.8. The maximum atomic E-state index is 14.1. The van der Waals surface area contributed by atoms with Gasteiger partial charge in [-0.05, 0) is 45.4 Å². The highest BCUT2D eigenvalue weighted by atomic mass is 16.7. The number of hydrogen-bond donors (Lipinski definition) is 6. The van der Waals surface area contributed by atoms with Gasteiger partial charge in [-0.15, -0.1) is 0 Å². The summed E-state index contributed by atoms with van der Waals surface area (Å²) in [5.41, 5.74) is 0. The molecule has 0 radical (unpaired) electrons. The first kappa shape index (κ1) is 43.1. The van der Waals surface area contributed by atoms with Gasteiger partial charge >= 0.3 is 5.97 Å². The topological polar surface area (TPSA) is 234 Å². The molecule has 3 aliphatic rings. The molecule has 0 aromatic rings. The maximum absolute atomic E-state index is 14.1. The lowest BCUT2D eigenvalue weighted by Gasteiger charge is -2.35. The number of carboxylic acids is 1. The fourth-order valence-electron chi connectivity index (χ4n) is 6.40. The number of unbranched alkanes of at least 4 members (excludes halogenated alkanes) is 2. The van der Waals surface area contributed by atoms with Crippen molar-refractivity contribution in [2.75, 3.05) is 46.1 Å². The molecular weight excluding hydrogens is 684 g/mol. The van der Waals surface area contributed by atoms with E-state index in [4.69, 9.17) is 18.9 Å². The van der Waals surface area contributed by atoms with Crippen LogP contribution in [0.15, 0.2) is 11.8 Å². The molecule has 52 heavy (non-hydrogen) atoms. The van der Waals surface area contributed by atoms with Crippen molar-refractivity contribution in [1.29, 1.82) is 0 Å². The van der Waals surface area contributed by atoms with Crippen LogP contribution in [-0.4, -0.2) is 155 Å². The molecule has 296 valence electrons. The van der Waals surface area contributed by atoms with Gasteiger partial charge in [0, 0.05) is 32.4 Å². The molecule has 17 nitrogen and oxygen atoms in total. The third kappa shape index (κ3) is 11.8. The molecule has 4 unspecified atom stereocenters. The second-order valence-corrected chi connectivity index (χ2v) is 13.6. The molecule has 0 saturated carbocycles. The van der Waals surface area contributed by atoms with E-state index in [-0.39, 0.29) is 32.1 Å². The highest BCUT2D eigenvalue weighted by Crippen LogP contribution is 2.24. The van der Waals surface area contributed by atoms with Crippen LogP contribution in [0.5, 0.6) is 0 Å². The van der Waals surface area contributed by atoms with Gasteiger partial charge in [0.25, 0.3) is 0 Å². The smallest absolute Gasteiger partial charge is 0.326 e. The van der Waals surface area contributed by atoms with Gasteiger partial charge in [-0.3, -0.25) is 19.2 Å². The number of carboxylic acid groups (broad SMARTS) is 1. The number of rotatable bonds is 21. The third-order valence-electron chi connectivity index (χ3n) is 9.48. The minimum atomic E-state index is -1.51. The standard InChI is InChI=1S/C35H58N4O13/c1-5-7-15-49-19-21(3)33(45)38-13-9-11-24(38)31(43)37-29(22(4)51-28-17-26(41)30(42)27(18-40)52-28)32(44)36-23(20-50-16-8-6-2)34(46)39-14-10-12-25(39)35(47)48/h17,21-25,27-30,40-42H,5-16,18-20H2,1-4H3,(H,36,44)(H,37,43)(H,47,48)/t21-,22?,23-,24?,25?,27?,28+,29-,30-/m0/s1. The fraction of sp³-hybridized carbons (Fsp3) is 0.800. The number of nitrogens with one attached hydrogen (secondary N) is 2. The number of aliphatic hydroxyl groups excluding tert-OH is 3. The number of nitrogens with zero attached hydrogens (tertiary/aromatic N) is 2. The van der Waals surface area contributed by atoms with Gasteiger partial charge in [0.05, 0.1) is 31.8 Å². The average Bonchev–Trinajstić information content (AvgIpc) is 3.82. The number of aliphatic carboxylic acids is 1. The number of carbonyl (C=O) groups excluding carboxylic acids is 4. The second kappa shape index (κ2) is 21.4. The summed E-state index contributed by atoms with van der Waals surface area (Å²) in [5, 5.41) is 45.0. The number of aliphatic hydroxyl groups is 3. The summed E-state index contributed by atoms with van der Waals surface area (Å²) in [6, 6.07) is -4.79. The van der Waals surface area contributed by atoms with Gasteiger partial charge in [-0.2, -0.15) is 0 Å². The van der Waals surface area contributed by atoms with Crippen LogP contribution in [0.3, 0.4) is 0 Å². The number of likely N-dealkylation sites (tertiary alicyclic amines) is 2.